The molecule has 0 aromatic carbocycles. The van der Waals surface area contributed by atoms with Crippen LogP contribution in [-0.4, -0.2) is 16.6 Å². The van der Waals surface area contributed by atoms with E-state index in [2.05, 4.69) is 41.4 Å². The second-order valence-corrected chi connectivity index (χ2v) is 4.62. The van der Waals surface area contributed by atoms with Crippen LogP contribution in [-0.2, 0) is 5.41 Å². The van der Waals surface area contributed by atoms with Crippen LogP contribution in [0.15, 0.2) is 0 Å². The third kappa shape index (κ3) is 1.41. The second-order valence-electron chi connectivity index (χ2n) is 4.62. The number of hydrogen-bond acceptors (Lipinski definition) is 4. The average molecular weight is 192 g/mol. The minimum absolute atomic E-state index is 0.0524. The van der Waals surface area contributed by atoms with Gasteiger partial charge in [-0.2, -0.15) is 0 Å². The lowest BCUT2D eigenvalue weighted by Crippen LogP contribution is -2.16. The minimum atomic E-state index is 0.0524. The molecule has 14 heavy (non-hydrogen) atoms. The highest BCUT2D eigenvalue weighted by molar-refractivity contribution is 5.72. The van der Waals surface area contributed by atoms with Gasteiger partial charge in [-0.15, -0.1) is 0 Å². The van der Waals surface area contributed by atoms with Gasteiger partial charge in [0.1, 0.15) is 11.5 Å². The van der Waals surface area contributed by atoms with Crippen LogP contribution in [0, 0.1) is 6.92 Å². The quantitative estimate of drug-likeness (QED) is 0.659. The largest absolute Gasteiger partial charge is 0.363 e. The Morgan fingerprint density at radius 2 is 1.86 bits per heavy atom. The highest BCUT2D eigenvalue weighted by Gasteiger charge is 2.25. The van der Waals surface area contributed by atoms with Gasteiger partial charge < -0.3 is 10.6 Å². The van der Waals surface area contributed by atoms with Crippen LogP contribution < -0.4 is 10.6 Å². The summed E-state index contributed by atoms with van der Waals surface area (Å²) in [5, 5.41) is 6.46. The molecule has 0 saturated heterocycles. The molecule has 2 heterocycles. The summed E-state index contributed by atoms with van der Waals surface area (Å²) in [6, 6.07) is 0. The molecule has 0 radical (unpaired) electrons. The zero-order valence-electron chi connectivity index (χ0n) is 9.10. The van der Waals surface area contributed by atoms with Gasteiger partial charge in [0.05, 0.1) is 12.4 Å². The lowest BCUT2D eigenvalue weighted by Gasteiger charge is -2.20. The zero-order valence-corrected chi connectivity index (χ0v) is 9.10. The van der Waals surface area contributed by atoms with Crippen molar-refractivity contribution in [2.75, 3.05) is 17.3 Å². The van der Waals surface area contributed by atoms with Gasteiger partial charge in [0, 0.05) is 5.41 Å². The fourth-order valence-electron chi connectivity index (χ4n) is 1.63. The first kappa shape index (κ1) is 9.24. The Kier molecular flexibility index (Phi) is 1.87. The SMILES string of the molecule is Cc1nc2c(c(C(C)(C)C)n1)NCN2. The normalized spacial score (nSPS) is 14.6. The Balaban J connectivity index is 2.60. The van der Waals surface area contributed by atoms with Gasteiger partial charge in [0.2, 0.25) is 0 Å². The number of aryl methyl sites for hydroxylation is 1. The predicted octanol–water partition coefficient (Wildman–Crippen LogP) is 1.88. The van der Waals surface area contributed by atoms with E-state index in [0.29, 0.717) is 0 Å². The van der Waals surface area contributed by atoms with Crippen LogP contribution in [0.5, 0.6) is 0 Å². The summed E-state index contributed by atoms with van der Waals surface area (Å²) in [5.41, 5.74) is 2.20. The fourth-order valence-corrected chi connectivity index (χ4v) is 1.63. The van der Waals surface area contributed by atoms with Gasteiger partial charge >= 0.3 is 0 Å². The van der Waals surface area contributed by atoms with Gasteiger partial charge in [-0.3, -0.25) is 0 Å². The number of nitrogens with one attached hydrogen (secondary N) is 2. The summed E-state index contributed by atoms with van der Waals surface area (Å²) in [5.74, 6) is 1.76. The minimum Gasteiger partial charge on any atom is -0.363 e. The maximum atomic E-state index is 4.50. The molecule has 2 N–H and O–H groups in total. The lowest BCUT2D eigenvalue weighted by molar-refractivity contribution is 0.567. The van der Waals surface area contributed by atoms with E-state index in [1.54, 1.807) is 0 Å². The summed E-state index contributed by atoms with van der Waals surface area (Å²) in [7, 11) is 0. The van der Waals surface area contributed by atoms with Crippen molar-refractivity contribution in [3.8, 4) is 0 Å². The van der Waals surface area contributed by atoms with Crippen molar-refractivity contribution in [3.05, 3.63) is 11.5 Å². The van der Waals surface area contributed by atoms with Gasteiger partial charge in [-0.1, -0.05) is 20.8 Å². The van der Waals surface area contributed by atoms with Crippen LogP contribution in [0.1, 0.15) is 32.3 Å². The first-order valence-corrected chi connectivity index (χ1v) is 4.85. The Hall–Kier alpha value is -1.32. The third-order valence-electron chi connectivity index (χ3n) is 2.25. The van der Waals surface area contributed by atoms with Crippen molar-refractivity contribution < 1.29 is 0 Å². The standard InChI is InChI=1S/C10H16N4/c1-6-13-8(10(2,3)4)7-9(14-6)12-5-11-7/h11H,5H2,1-4H3,(H,12,13,14). The van der Waals surface area contributed by atoms with Gasteiger partial charge in [-0.05, 0) is 6.92 Å². The number of nitrogens with zero attached hydrogens (tertiary/aromatic N) is 2. The average Bonchev–Trinajstić information content (AvgIpc) is 2.47. The molecule has 2 rings (SSSR count). The Morgan fingerprint density at radius 3 is 2.50 bits per heavy atom. The van der Waals surface area contributed by atoms with E-state index in [1.165, 1.54) is 0 Å². The smallest absolute Gasteiger partial charge is 0.154 e. The Bertz CT molecular complexity index is 365. The number of hydrogen-bond donors (Lipinski definition) is 2. The van der Waals surface area contributed by atoms with Crippen LogP contribution in [0.2, 0.25) is 0 Å². The summed E-state index contributed by atoms with van der Waals surface area (Å²) in [6.45, 7) is 9.16. The van der Waals surface area contributed by atoms with E-state index in [-0.39, 0.29) is 5.41 Å². The molecule has 1 aliphatic rings. The van der Waals surface area contributed by atoms with E-state index in [9.17, 15) is 0 Å². The number of fused-ring (bicyclic) bond motifs is 1. The number of rotatable bonds is 0. The lowest BCUT2D eigenvalue weighted by atomic mass is 9.90. The number of anilines is 2. The second kappa shape index (κ2) is 2.83. The maximum absolute atomic E-state index is 4.50. The molecule has 76 valence electrons. The predicted molar refractivity (Wildman–Crippen MR) is 57.6 cm³/mol. The fraction of sp³-hybridized carbons (Fsp3) is 0.600. The van der Waals surface area contributed by atoms with E-state index < -0.39 is 0 Å². The van der Waals surface area contributed by atoms with Crippen molar-refractivity contribution in [2.45, 2.75) is 33.1 Å². The molecule has 0 spiro atoms. The van der Waals surface area contributed by atoms with Crippen LogP contribution >= 0.6 is 0 Å². The van der Waals surface area contributed by atoms with Gasteiger partial charge in [-0.25, -0.2) is 9.97 Å². The Labute approximate surface area is 84.2 Å². The van der Waals surface area contributed by atoms with E-state index >= 15 is 0 Å². The van der Waals surface area contributed by atoms with Crippen LogP contribution in [0.4, 0.5) is 11.5 Å². The maximum Gasteiger partial charge on any atom is 0.154 e. The molecule has 0 amide bonds. The molecule has 0 aliphatic carbocycles. The van der Waals surface area contributed by atoms with Crippen LogP contribution in [0.25, 0.3) is 0 Å². The Morgan fingerprint density at radius 1 is 1.14 bits per heavy atom. The van der Waals surface area contributed by atoms with Crippen molar-refractivity contribution >= 4 is 11.5 Å². The molecule has 1 aromatic rings. The van der Waals surface area contributed by atoms with Crippen molar-refractivity contribution in [2.24, 2.45) is 0 Å². The van der Waals surface area contributed by atoms with E-state index in [1.807, 2.05) is 6.92 Å². The molecule has 1 aromatic heterocycles. The highest BCUT2D eigenvalue weighted by atomic mass is 15.2. The molecular weight excluding hydrogens is 176 g/mol. The molecule has 0 saturated carbocycles. The summed E-state index contributed by atoms with van der Waals surface area (Å²) < 4.78 is 0. The van der Waals surface area contributed by atoms with Crippen molar-refractivity contribution in [1.29, 1.82) is 0 Å². The molecule has 4 nitrogen and oxygen atoms in total. The third-order valence-corrected chi connectivity index (χ3v) is 2.25. The molecule has 4 heteroatoms. The first-order valence-electron chi connectivity index (χ1n) is 4.85. The zero-order chi connectivity index (χ0) is 10.3. The molecule has 0 bridgehead atoms. The molecule has 0 unspecified atom stereocenters. The topological polar surface area (TPSA) is 49.8 Å². The van der Waals surface area contributed by atoms with Gasteiger partial charge in [0.25, 0.3) is 0 Å². The number of aromatic nitrogens is 2. The molecule has 0 atom stereocenters. The monoisotopic (exact) mass is 192 g/mol. The van der Waals surface area contributed by atoms with Crippen LogP contribution in [0.3, 0.4) is 0 Å². The van der Waals surface area contributed by atoms with E-state index in [4.69, 9.17) is 0 Å². The van der Waals surface area contributed by atoms with Crippen molar-refractivity contribution in [3.63, 3.8) is 0 Å². The highest BCUT2D eigenvalue weighted by Crippen LogP contribution is 2.34. The summed E-state index contributed by atoms with van der Waals surface area (Å²) in [6.07, 6.45) is 0. The molecule has 1 aliphatic heterocycles. The van der Waals surface area contributed by atoms with Gasteiger partial charge in [0.15, 0.2) is 5.82 Å². The van der Waals surface area contributed by atoms with E-state index in [0.717, 1.165) is 29.7 Å². The summed E-state index contributed by atoms with van der Waals surface area (Å²) in [4.78, 5) is 8.85. The molecular formula is C10H16N4. The van der Waals surface area contributed by atoms with Crippen molar-refractivity contribution in [1.82, 2.24) is 9.97 Å². The summed E-state index contributed by atoms with van der Waals surface area (Å²) >= 11 is 0. The molecule has 0 fully saturated rings. The first-order chi connectivity index (χ1) is 6.48.